The zero-order chi connectivity index (χ0) is 17.8. The van der Waals surface area contributed by atoms with Crippen molar-refractivity contribution < 1.29 is 9.59 Å². The van der Waals surface area contributed by atoms with Crippen LogP contribution in [-0.2, 0) is 9.59 Å². The SMILES string of the molecule is CCN(C(=O)CN1CCC[C@@H]1[C@@H]1CCCN1C(C)=O)C1CCCCC1. The van der Waals surface area contributed by atoms with Crippen molar-refractivity contribution in [3.05, 3.63) is 0 Å². The van der Waals surface area contributed by atoms with E-state index in [1.54, 1.807) is 6.92 Å². The van der Waals surface area contributed by atoms with E-state index in [9.17, 15) is 9.59 Å². The lowest BCUT2D eigenvalue weighted by atomic mass is 9.94. The predicted octanol–water partition coefficient (Wildman–Crippen LogP) is 2.64. The first-order valence-electron chi connectivity index (χ1n) is 10.4. The number of carbonyl (C=O) groups is 2. The van der Waals surface area contributed by atoms with E-state index < -0.39 is 0 Å². The molecule has 3 aliphatic rings. The van der Waals surface area contributed by atoms with Crippen molar-refractivity contribution in [1.82, 2.24) is 14.7 Å². The van der Waals surface area contributed by atoms with Gasteiger partial charge in [0, 0.05) is 38.1 Å². The summed E-state index contributed by atoms with van der Waals surface area (Å²) in [6.45, 7) is 7.05. The Hall–Kier alpha value is -1.10. The van der Waals surface area contributed by atoms with Crippen LogP contribution in [0.2, 0.25) is 0 Å². The Labute approximate surface area is 152 Å². The summed E-state index contributed by atoms with van der Waals surface area (Å²) < 4.78 is 0. The maximum atomic E-state index is 13.0. The fraction of sp³-hybridized carbons (Fsp3) is 0.900. The highest BCUT2D eigenvalue weighted by Gasteiger charge is 2.39. The lowest BCUT2D eigenvalue weighted by Crippen LogP contribution is -2.52. The van der Waals surface area contributed by atoms with Gasteiger partial charge < -0.3 is 9.80 Å². The van der Waals surface area contributed by atoms with Gasteiger partial charge in [-0.05, 0) is 52.0 Å². The normalized spacial score (nSPS) is 28.5. The molecule has 5 nitrogen and oxygen atoms in total. The van der Waals surface area contributed by atoms with Crippen molar-refractivity contribution in [2.45, 2.75) is 89.8 Å². The minimum atomic E-state index is 0.193. The molecule has 1 aliphatic carbocycles. The molecule has 0 aromatic heterocycles. The maximum Gasteiger partial charge on any atom is 0.236 e. The van der Waals surface area contributed by atoms with E-state index in [0.29, 0.717) is 30.6 Å². The minimum Gasteiger partial charge on any atom is -0.339 e. The van der Waals surface area contributed by atoms with Crippen LogP contribution in [-0.4, -0.2) is 70.8 Å². The molecule has 2 saturated heterocycles. The fourth-order valence-corrected chi connectivity index (χ4v) is 5.36. The van der Waals surface area contributed by atoms with E-state index >= 15 is 0 Å². The van der Waals surface area contributed by atoms with Crippen LogP contribution in [0.1, 0.15) is 71.6 Å². The standard InChI is InChI=1S/C20H35N3O2/c1-3-22(17-9-5-4-6-10-17)20(25)15-21-13-7-11-18(21)19-12-8-14-23(19)16(2)24/h17-19H,3-15H2,1-2H3/t18-,19+/m1/s1. The second kappa shape index (κ2) is 8.52. The summed E-state index contributed by atoms with van der Waals surface area (Å²) in [6, 6.07) is 1.14. The van der Waals surface area contributed by atoms with Crippen molar-refractivity contribution in [3.8, 4) is 0 Å². The summed E-state index contributed by atoms with van der Waals surface area (Å²) >= 11 is 0. The topological polar surface area (TPSA) is 43.9 Å². The van der Waals surface area contributed by atoms with Gasteiger partial charge in [-0.25, -0.2) is 0 Å². The third-order valence-electron chi connectivity index (χ3n) is 6.58. The lowest BCUT2D eigenvalue weighted by molar-refractivity contribution is -0.136. The van der Waals surface area contributed by atoms with E-state index in [-0.39, 0.29) is 5.91 Å². The number of carbonyl (C=O) groups excluding carboxylic acids is 2. The van der Waals surface area contributed by atoms with E-state index in [0.717, 1.165) is 45.3 Å². The monoisotopic (exact) mass is 349 g/mol. The summed E-state index contributed by atoms with van der Waals surface area (Å²) in [6.07, 6.45) is 10.6. The molecular formula is C20H35N3O2. The first kappa shape index (κ1) is 18.7. The Morgan fingerprint density at radius 2 is 1.60 bits per heavy atom. The molecule has 5 heteroatoms. The molecule has 2 heterocycles. The molecule has 3 rings (SSSR count). The van der Waals surface area contributed by atoms with Crippen LogP contribution in [0.25, 0.3) is 0 Å². The van der Waals surface area contributed by atoms with Crippen LogP contribution in [0, 0.1) is 0 Å². The number of rotatable bonds is 5. The van der Waals surface area contributed by atoms with Gasteiger partial charge in [-0.2, -0.15) is 0 Å². The Bertz CT molecular complexity index is 476. The van der Waals surface area contributed by atoms with E-state index in [4.69, 9.17) is 0 Å². The van der Waals surface area contributed by atoms with Crippen molar-refractivity contribution in [2.24, 2.45) is 0 Å². The molecular weight excluding hydrogens is 314 g/mol. The summed E-state index contributed by atoms with van der Waals surface area (Å²) in [5.74, 6) is 0.492. The van der Waals surface area contributed by atoms with Gasteiger partial charge in [-0.1, -0.05) is 19.3 Å². The molecule has 2 amide bonds. The molecule has 142 valence electrons. The summed E-state index contributed by atoms with van der Waals surface area (Å²) in [5, 5.41) is 0. The van der Waals surface area contributed by atoms with Crippen molar-refractivity contribution in [2.75, 3.05) is 26.2 Å². The Balaban J connectivity index is 1.62. The van der Waals surface area contributed by atoms with Crippen molar-refractivity contribution >= 4 is 11.8 Å². The second-order valence-corrected chi connectivity index (χ2v) is 8.07. The van der Waals surface area contributed by atoms with Crippen molar-refractivity contribution in [3.63, 3.8) is 0 Å². The number of likely N-dealkylation sites (tertiary alicyclic amines) is 2. The minimum absolute atomic E-state index is 0.193. The zero-order valence-corrected chi connectivity index (χ0v) is 16.1. The van der Waals surface area contributed by atoms with Gasteiger partial charge >= 0.3 is 0 Å². The Morgan fingerprint density at radius 3 is 2.28 bits per heavy atom. The smallest absolute Gasteiger partial charge is 0.236 e. The van der Waals surface area contributed by atoms with Gasteiger partial charge in [0.05, 0.1) is 6.54 Å². The second-order valence-electron chi connectivity index (χ2n) is 8.07. The molecule has 0 unspecified atom stereocenters. The molecule has 25 heavy (non-hydrogen) atoms. The lowest BCUT2D eigenvalue weighted by Gasteiger charge is -2.37. The number of likely N-dealkylation sites (N-methyl/N-ethyl adjacent to an activating group) is 1. The summed E-state index contributed by atoms with van der Waals surface area (Å²) in [5.41, 5.74) is 0. The highest BCUT2D eigenvalue weighted by atomic mass is 16.2. The third-order valence-corrected chi connectivity index (χ3v) is 6.58. The van der Waals surface area contributed by atoms with E-state index in [2.05, 4.69) is 16.7 Å². The molecule has 3 fully saturated rings. The molecule has 0 aromatic carbocycles. The quantitative estimate of drug-likeness (QED) is 0.766. The van der Waals surface area contributed by atoms with Crippen LogP contribution < -0.4 is 0 Å². The number of hydrogen-bond acceptors (Lipinski definition) is 3. The van der Waals surface area contributed by atoms with Gasteiger partial charge in [0.1, 0.15) is 0 Å². The first-order chi connectivity index (χ1) is 12.1. The zero-order valence-electron chi connectivity index (χ0n) is 16.1. The van der Waals surface area contributed by atoms with Gasteiger partial charge in [-0.3, -0.25) is 14.5 Å². The number of hydrogen-bond donors (Lipinski definition) is 0. The van der Waals surface area contributed by atoms with Gasteiger partial charge in [-0.15, -0.1) is 0 Å². The van der Waals surface area contributed by atoms with Crippen LogP contribution in [0.3, 0.4) is 0 Å². The largest absolute Gasteiger partial charge is 0.339 e. The third kappa shape index (κ3) is 4.18. The van der Waals surface area contributed by atoms with Crippen LogP contribution in [0.15, 0.2) is 0 Å². The molecule has 2 atom stereocenters. The molecule has 1 saturated carbocycles. The molecule has 0 bridgehead atoms. The van der Waals surface area contributed by atoms with Crippen LogP contribution >= 0.6 is 0 Å². The summed E-state index contributed by atoms with van der Waals surface area (Å²) in [4.78, 5) is 31.5. The van der Waals surface area contributed by atoms with Crippen LogP contribution in [0.4, 0.5) is 0 Å². The van der Waals surface area contributed by atoms with Gasteiger partial charge in [0.15, 0.2) is 0 Å². The Morgan fingerprint density at radius 1 is 0.920 bits per heavy atom. The summed E-state index contributed by atoms with van der Waals surface area (Å²) in [7, 11) is 0. The number of amides is 2. The highest BCUT2D eigenvalue weighted by molar-refractivity contribution is 5.78. The van der Waals surface area contributed by atoms with Crippen LogP contribution in [0.5, 0.6) is 0 Å². The molecule has 0 aromatic rings. The van der Waals surface area contributed by atoms with Gasteiger partial charge in [0.25, 0.3) is 0 Å². The number of nitrogens with zero attached hydrogens (tertiary/aromatic N) is 3. The molecule has 0 radical (unpaired) electrons. The van der Waals surface area contributed by atoms with E-state index in [1.807, 2.05) is 4.90 Å². The molecule has 2 aliphatic heterocycles. The fourth-order valence-electron chi connectivity index (χ4n) is 5.36. The molecule has 0 N–H and O–H groups in total. The van der Waals surface area contributed by atoms with E-state index in [1.165, 1.54) is 32.1 Å². The Kier molecular flexibility index (Phi) is 6.37. The highest BCUT2D eigenvalue weighted by Crippen LogP contribution is 2.30. The van der Waals surface area contributed by atoms with Crippen molar-refractivity contribution in [1.29, 1.82) is 0 Å². The maximum absolute atomic E-state index is 13.0. The molecule has 0 spiro atoms. The average Bonchev–Trinajstić information content (AvgIpc) is 3.25. The predicted molar refractivity (Wildman–Crippen MR) is 99.3 cm³/mol. The first-order valence-corrected chi connectivity index (χ1v) is 10.4. The van der Waals surface area contributed by atoms with Gasteiger partial charge in [0.2, 0.25) is 11.8 Å². The average molecular weight is 350 g/mol.